The van der Waals surface area contributed by atoms with Gasteiger partial charge in [0.25, 0.3) is 0 Å². The number of sulfone groups is 1. The van der Waals surface area contributed by atoms with Gasteiger partial charge in [0.2, 0.25) is 0 Å². The third kappa shape index (κ3) is 2.96. The molecule has 0 saturated carbocycles. The maximum absolute atomic E-state index is 11.9. The van der Waals surface area contributed by atoms with Gasteiger partial charge >= 0.3 is 0 Å². The molecule has 0 aromatic carbocycles. The van der Waals surface area contributed by atoms with Crippen LogP contribution >= 0.6 is 0 Å². The van der Waals surface area contributed by atoms with Gasteiger partial charge in [0.05, 0.1) is 6.20 Å². The molecule has 6 nitrogen and oxygen atoms in total. The molecule has 2 fully saturated rings. The number of nitrogens with zero attached hydrogens (tertiary/aromatic N) is 4. The van der Waals surface area contributed by atoms with E-state index in [9.17, 15) is 8.42 Å². The second kappa shape index (κ2) is 5.77. The Bertz CT molecular complexity index is 656. The minimum absolute atomic E-state index is 0.239. The molecular weight excluding hydrogens is 300 g/mol. The highest BCUT2D eigenvalue weighted by Gasteiger charge is 2.37. The van der Waals surface area contributed by atoms with Gasteiger partial charge in [-0.2, -0.15) is 0 Å². The highest BCUT2D eigenvalue weighted by Crippen LogP contribution is 2.30. The lowest BCUT2D eigenvalue weighted by molar-refractivity contribution is 0.0870. The molecule has 22 heavy (non-hydrogen) atoms. The molecule has 3 heterocycles. The van der Waals surface area contributed by atoms with Gasteiger partial charge in [-0.1, -0.05) is 6.42 Å². The maximum Gasteiger partial charge on any atom is 0.180 e. The van der Waals surface area contributed by atoms with Crippen molar-refractivity contribution in [3.05, 3.63) is 12.0 Å². The van der Waals surface area contributed by atoms with Gasteiger partial charge < -0.3 is 4.90 Å². The van der Waals surface area contributed by atoms with Crippen LogP contribution in [0.2, 0.25) is 0 Å². The molecule has 3 rings (SSSR count). The van der Waals surface area contributed by atoms with Crippen LogP contribution in [0.5, 0.6) is 0 Å². The number of hydrogen-bond acceptors (Lipinski definition) is 6. The summed E-state index contributed by atoms with van der Waals surface area (Å²) in [6.45, 7) is 6.94. The first-order valence-electron chi connectivity index (χ1n) is 7.90. The molecule has 1 atom stereocenters. The van der Waals surface area contributed by atoms with Crippen LogP contribution in [-0.2, 0) is 9.84 Å². The Kier molecular flexibility index (Phi) is 4.11. The van der Waals surface area contributed by atoms with E-state index in [2.05, 4.69) is 26.7 Å². The van der Waals surface area contributed by atoms with E-state index in [-0.39, 0.29) is 4.90 Å². The number of likely N-dealkylation sites (tertiary alicyclic amines) is 1. The van der Waals surface area contributed by atoms with Crippen LogP contribution in [0.15, 0.2) is 11.1 Å². The first-order valence-corrected chi connectivity index (χ1v) is 9.80. The fraction of sp³-hybridized carbons (Fsp3) is 0.733. The first kappa shape index (κ1) is 15.7. The van der Waals surface area contributed by atoms with Gasteiger partial charge in [0.15, 0.2) is 15.7 Å². The molecule has 1 aromatic rings. The Balaban J connectivity index is 1.76. The fourth-order valence-electron chi connectivity index (χ4n) is 3.44. The van der Waals surface area contributed by atoms with Crippen molar-refractivity contribution >= 4 is 15.7 Å². The average molecular weight is 324 g/mol. The summed E-state index contributed by atoms with van der Waals surface area (Å²) in [5, 5.41) is 0. The van der Waals surface area contributed by atoms with E-state index in [1.807, 2.05) is 0 Å². The summed E-state index contributed by atoms with van der Waals surface area (Å²) in [6, 6.07) is 1.14. The number of aryl methyl sites for hydroxylation is 1. The fourth-order valence-corrected chi connectivity index (χ4v) is 4.19. The van der Waals surface area contributed by atoms with Crippen molar-refractivity contribution in [2.75, 3.05) is 30.8 Å². The molecular formula is C15H24N4O2S. The van der Waals surface area contributed by atoms with Crippen molar-refractivity contribution in [3.8, 4) is 0 Å². The zero-order valence-corrected chi connectivity index (χ0v) is 14.3. The highest BCUT2D eigenvalue weighted by atomic mass is 32.2. The van der Waals surface area contributed by atoms with Gasteiger partial charge in [0, 0.05) is 31.4 Å². The number of piperidine rings is 1. The minimum Gasteiger partial charge on any atom is -0.352 e. The van der Waals surface area contributed by atoms with Gasteiger partial charge in [-0.15, -0.1) is 0 Å². The maximum atomic E-state index is 11.9. The van der Waals surface area contributed by atoms with E-state index in [4.69, 9.17) is 0 Å². The van der Waals surface area contributed by atoms with Gasteiger partial charge in [-0.05, 0) is 33.2 Å². The van der Waals surface area contributed by atoms with Gasteiger partial charge in [0.1, 0.15) is 10.7 Å². The van der Waals surface area contributed by atoms with Crippen molar-refractivity contribution in [3.63, 3.8) is 0 Å². The summed E-state index contributed by atoms with van der Waals surface area (Å²) >= 11 is 0. The number of anilines is 1. The van der Waals surface area contributed by atoms with Crippen LogP contribution in [0.4, 0.5) is 5.82 Å². The lowest BCUT2D eigenvalue weighted by Gasteiger charge is -2.49. The largest absolute Gasteiger partial charge is 0.352 e. The van der Waals surface area contributed by atoms with E-state index in [1.165, 1.54) is 31.7 Å². The van der Waals surface area contributed by atoms with Crippen molar-refractivity contribution < 1.29 is 8.42 Å². The third-order valence-electron chi connectivity index (χ3n) is 4.74. The normalized spacial score (nSPS) is 24.3. The number of hydrogen-bond donors (Lipinski definition) is 0. The van der Waals surface area contributed by atoms with Crippen LogP contribution in [0.3, 0.4) is 0 Å². The molecule has 1 aromatic heterocycles. The molecule has 0 bridgehead atoms. The molecule has 7 heteroatoms. The van der Waals surface area contributed by atoms with Gasteiger partial charge in [-0.3, -0.25) is 4.90 Å². The second-order valence-corrected chi connectivity index (χ2v) is 8.50. The van der Waals surface area contributed by atoms with Crippen LogP contribution in [0, 0.1) is 6.92 Å². The molecule has 0 unspecified atom stereocenters. The summed E-state index contributed by atoms with van der Waals surface area (Å²) in [7, 11) is -3.30. The summed E-state index contributed by atoms with van der Waals surface area (Å²) < 4.78 is 23.9. The SMILES string of the molecule is Cc1ncc(S(C)(=O)=O)c(N2CC(N3CCCC[C@@H]3C)C2)n1. The summed E-state index contributed by atoms with van der Waals surface area (Å²) in [5.41, 5.74) is 0. The Morgan fingerprint density at radius 1 is 1.27 bits per heavy atom. The molecule has 0 N–H and O–H groups in total. The summed E-state index contributed by atoms with van der Waals surface area (Å²) in [5.74, 6) is 1.17. The van der Waals surface area contributed by atoms with Crippen LogP contribution in [-0.4, -0.2) is 61.3 Å². The Morgan fingerprint density at radius 3 is 2.64 bits per heavy atom. The van der Waals surface area contributed by atoms with E-state index < -0.39 is 9.84 Å². The molecule has 0 radical (unpaired) electrons. The predicted molar refractivity (Wildman–Crippen MR) is 85.9 cm³/mol. The van der Waals surface area contributed by atoms with E-state index in [0.717, 1.165) is 19.6 Å². The smallest absolute Gasteiger partial charge is 0.180 e. The quantitative estimate of drug-likeness (QED) is 0.834. The zero-order valence-electron chi connectivity index (χ0n) is 13.5. The molecule has 0 spiro atoms. The predicted octanol–water partition coefficient (Wildman–Crippen LogP) is 1.25. The van der Waals surface area contributed by atoms with Crippen molar-refractivity contribution in [2.24, 2.45) is 0 Å². The van der Waals surface area contributed by atoms with Gasteiger partial charge in [-0.25, -0.2) is 18.4 Å². The molecule has 122 valence electrons. The first-order chi connectivity index (χ1) is 10.4. The molecule has 2 saturated heterocycles. The van der Waals surface area contributed by atoms with Crippen LogP contribution in [0.1, 0.15) is 32.0 Å². The Labute approximate surface area is 132 Å². The lowest BCUT2D eigenvalue weighted by Crippen LogP contribution is -2.62. The minimum atomic E-state index is -3.30. The second-order valence-electron chi connectivity index (χ2n) is 6.52. The van der Waals surface area contributed by atoms with Crippen molar-refractivity contribution in [2.45, 2.75) is 50.1 Å². The Morgan fingerprint density at radius 2 is 2.00 bits per heavy atom. The third-order valence-corrected chi connectivity index (χ3v) is 5.83. The molecule has 0 aliphatic carbocycles. The topological polar surface area (TPSA) is 66.4 Å². The average Bonchev–Trinajstić information content (AvgIpc) is 2.38. The summed E-state index contributed by atoms with van der Waals surface area (Å²) in [4.78, 5) is 13.3. The molecule has 2 aliphatic heterocycles. The molecule has 0 amide bonds. The zero-order chi connectivity index (χ0) is 15.9. The number of aromatic nitrogens is 2. The van der Waals surface area contributed by atoms with E-state index in [0.29, 0.717) is 23.7 Å². The summed E-state index contributed by atoms with van der Waals surface area (Å²) in [6.07, 6.45) is 6.50. The lowest BCUT2D eigenvalue weighted by atomic mass is 9.97. The van der Waals surface area contributed by atoms with Crippen molar-refractivity contribution in [1.29, 1.82) is 0 Å². The van der Waals surface area contributed by atoms with Crippen molar-refractivity contribution in [1.82, 2.24) is 14.9 Å². The standard InChI is InChI=1S/C15H24N4O2S/c1-11-6-4-5-7-19(11)13-9-18(10-13)15-14(22(3,20)21)8-16-12(2)17-15/h8,11,13H,4-7,9-10H2,1-3H3/t11-/m0/s1. The van der Waals surface area contributed by atoms with Crippen LogP contribution < -0.4 is 4.90 Å². The van der Waals surface area contributed by atoms with Crippen LogP contribution in [0.25, 0.3) is 0 Å². The van der Waals surface area contributed by atoms with E-state index in [1.54, 1.807) is 6.92 Å². The van der Waals surface area contributed by atoms with E-state index >= 15 is 0 Å². The Hall–Kier alpha value is -1.21. The molecule has 2 aliphatic rings. The number of rotatable bonds is 3. The highest BCUT2D eigenvalue weighted by molar-refractivity contribution is 7.90. The monoisotopic (exact) mass is 324 g/mol.